The van der Waals surface area contributed by atoms with Gasteiger partial charge in [-0.3, -0.25) is 9.69 Å². The molecule has 1 amide bonds. The zero-order valence-corrected chi connectivity index (χ0v) is 20.9. The van der Waals surface area contributed by atoms with Gasteiger partial charge in [0, 0.05) is 12.6 Å². The Morgan fingerprint density at radius 1 is 1.05 bits per heavy atom. The lowest BCUT2D eigenvalue weighted by molar-refractivity contribution is -0.140. The molecule has 1 saturated carbocycles. The van der Waals surface area contributed by atoms with E-state index in [1.54, 1.807) is 4.72 Å². The van der Waals surface area contributed by atoms with Crippen molar-refractivity contribution in [3.8, 4) is 5.75 Å². The molecule has 1 N–H and O–H groups in total. The third-order valence-corrected chi connectivity index (χ3v) is 7.12. The van der Waals surface area contributed by atoms with Gasteiger partial charge in [-0.15, -0.1) is 0 Å². The van der Waals surface area contributed by atoms with Gasteiger partial charge in [-0.1, -0.05) is 6.07 Å². The molecule has 1 aliphatic carbocycles. The quantitative estimate of drug-likeness (QED) is 0.480. The smallest absolute Gasteiger partial charge is 0.419 e. The van der Waals surface area contributed by atoms with E-state index in [4.69, 9.17) is 4.74 Å². The summed E-state index contributed by atoms with van der Waals surface area (Å²) in [6.07, 6.45) is -0.807. The summed E-state index contributed by atoms with van der Waals surface area (Å²) >= 11 is 0. The van der Waals surface area contributed by atoms with Crippen LogP contribution in [0.5, 0.6) is 5.75 Å². The van der Waals surface area contributed by atoms with Crippen LogP contribution in [-0.4, -0.2) is 45.2 Å². The highest BCUT2D eigenvalue weighted by molar-refractivity contribution is 7.89. The first-order valence-electron chi connectivity index (χ1n) is 11.9. The molecule has 0 radical (unpaired) electrons. The van der Waals surface area contributed by atoms with Crippen LogP contribution in [0.15, 0.2) is 30.3 Å². The molecule has 6 nitrogen and oxygen atoms in total. The normalized spacial score (nSPS) is 17.6. The maximum Gasteiger partial charge on any atom is 0.419 e. The number of ether oxygens (including phenoxy) is 1. The molecular formula is C25H27F5N2O4S. The van der Waals surface area contributed by atoms with Crippen molar-refractivity contribution in [1.82, 2.24) is 9.62 Å². The molecule has 37 heavy (non-hydrogen) atoms. The van der Waals surface area contributed by atoms with Gasteiger partial charge in [0.15, 0.2) is 0 Å². The van der Waals surface area contributed by atoms with E-state index < -0.39 is 39.3 Å². The number of rotatable bonds is 8. The van der Waals surface area contributed by atoms with Crippen LogP contribution < -0.4 is 9.46 Å². The second-order valence-electron chi connectivity index (χ2n) is 9.69. The molecule has 0 spiro atoms. The van der Waals surface area contributed by atoms with Crippen molar-refractivity contribution >= 4 is 15.9 Å². The molecule has 1 aliphatic heterocycles. The zero-order valence-electron chi connectivity index (χ0n) is 20.1. The Morgan fingerprint density at radius 3 is 2.32 bits per heavy atom. The maximum absolute atomic E-state index is 14.7. The molecule has 202 valence electrons. The summed E-state index contributed by atoms with van der Waals surface area (Å²) in [5, 5.41) is 0. The number of carbonyl (C=O) groups is 1. The number of hydrogen-bond donors (Lipinski definition) is 1. The van der Waals surface area contributed by atoms with Gasteiger partial charge < -0.3 is 4.74 Å². The molecule has 1 heterocycles. The van der Waals surface area contributed by atoms with Crippen LogP contribution in [0.3, 0.4) is 0 Å². The topological polar surface area (TPSA) is 75.7 Å². The molecule has 4 rings (SSSR count). The second-order valence-corrected chi connectivity index (χ2v) is 11.4. The second kappa shape index (κ2) is 10.6. The van der Waals surface area contributed by atoms with Crippen LogP contribution >= 0.6 is 0 Å². The highest BCUT2D eigenvalue weighted by Gasteiger charge is 2.34. The molecule has 2 aromatic rings. The lowest BCUT2D eigenvalue weighted by Gasteiger charge is -2.32. The number of amides is 1. The number of likely N-dealkylation sites (tertiary alicyclic amines) is 1. The van der Waals surface area contributed by atoms with Gasteiger partial charge >= 0.3 is 6.18 Å². The molecule has 0 bridgehead atoms. The van der Waals surface area contributed by atoms with E-state index in [1.165, 1.54) is 12.1 Å². The van der Waals surface area contributed by atoms with Crippen LogP contribution in [0.25, 0.3) is 0 Å². The Morgan fingerprint density at radius 2 is 1.73 bits per heavy atom. The van der Waals surface area contributed by atoms with Crippen molar-refractivity contribution in [2.24, 2.45) is 5.92 Å². The molecule has 12 heteroatoms. The molecule has 2 aromatic carbocycles. The fourth-order valence-corrected chi connectivity index (χ4v) is 4.92. The van der Waals surface area contributed by atoms with Gasteiger partial charge in [0.25, 0.3) is 5.91 Å². The summed E-state index contributed by atoms with van der Waals surface area (Å²) in [7, 11) is -3.84. The standard InChI is InChI=1S/C25H27F5N2O4S/c1-37(34,35)31-24(33)19-11-18(17-3-4-17)23(12-22(19)27)36-14-15-6-8-32(9-7-15)13-16-2-5-21(26)20(10-16)25(28,29)30/h2,5,10-12,15,17H,3-4,6-9,13-14H2,1H3,(H,31,33). The minimum atomic E-state index is -4.75. The van der Waals surface area contributed by atoms with Gasteiger partial charge in [0.1, 0.15) is 17.4 Å². The summed E-state index contributed by atoms with van der Waals surface area (Å²) in [5.74, 6) is -2.64. The average Bonchev–Trinajstić information content (AvgIpc) is 3.63. The van der Waals surface area contributed by atoms with Crippen LogP contribution in [0.4, 0.5) is 22.0 Å². The van der Waals surface area contributed by atoms with Crippen molar-refractivity contribution < 1.29 is 39.9 Å². The minimum absolute atomic E-state index is 0.111. The Bertz CT molecular complexity index is 1270. The van der Waals surface area contributed by atoms with Crippen molar-refractivity contribution in [3.05, 3.63) is 64.2 Å². The number of sulfonamides is 1. The van der Waals surface area contributed by atoms with Crippen LogP contribution in [0, 0.1) is 17.6 Å². The number of hydrogen-bond acceptors (Lipinski definition) is 5. The largest absolute Gasteiger partial charge is 0.493 e. The average molecular weight is 547 g/mol. The molecule has 2 aliphatic rings. The van der Waals surface area contributed by atoms with Gasteiger partial charge in [-0.05, 0) is 79.9 Å². The maximum atomic E-state index is 14.7. The summed E-state index contributed by atoms with van der Waals surface area (Å²) in [5.41, 5.74) is -0.587. The summed E-state index contributed by atoms with van der Waals surface area (Å²) < 4.78 is 97.6. The fraction of sp³-hybridized carbons (Fsp3) is 0.480. The first-order chi connectivity index (χ1) is 17.3. The highest BCUT2D eigenvalue weighted by atomic mass is 32.2. The van der Waals surface area contributed by atoms with Crippen LogP contribution in [0.1, 0.15) is 58.6 Å². The van der Waals surface area contributed by atoms with E-state index in [2.05, 4.69) is 0 Å². The van der Waals surface area contributed by atoms with Gasteiger partial charge in [0.2, 0.25) is 10.0 Å². The van der Waals surface area contributed by atoms with Crippen LogP contribution in [0.2, 0.25) is 0 Å². The van der Waals surface area contributed by atoms with E-state index in [9.17, 15) is 35.2 Å². The zero-order chi connectivity index (χ0) is 27.0. The number of nitrogens with one attached hydrogen (secondary N) is 1. The monoisotopic (exact) mass is 546 g/mol. The molecule has 0 aromatic heterocycles. The number of halogens is 5. The summed E-state index contributed by atoms with van der Waals surface area (Å²) in [6.45, 7) is 1.80. The summed E-state index contributed by atoms with van der Waals surface area (Å²) in [4.78, 5) is 14.2. The van der Waals surface area contributed by atoms with Crippen molar-refractivity contribution in [2.45, 2.75) is 44.3 Å². The third-order valence-electron chi connectivity index (χ3n) is 6.56. The predicted molar refractivity (Wildman–Crippen MR) is 126 cm³/mol. The first kappa shape index (κ1) is 27.3. The summed E-state index contributed by atoms with van der Waals surface area (Å²) in [6, 6.07) is 5.51. The van der Waals surface area contributed by atoms with Gasteiger partial charge in [-0.25, -0.2) is 21.9 Å². The Hall–Kier alpha value is -2.73. The molecular weight excluding hydrogens is 519 g/mol. The molecule has 1 saturated heterocycles. The number of benzene rings is 2. The van der Waals surface area contributed by atoms with Gasteiger partial charge in [-0.2, -0.15) is 13.2 Å². The third kappa shape index (κ3) is 7.19. The number of alkyl halides is 3. The SMILES string of the molecule is CS(=O)(=O)NC(=O)c1cc(C2CC2)c(OCC2CCN(Cc3ccc(F)c(C(F)(F)F)c3)CC2)cc1F. The van der Waals surface area contributed by atoms with Crippen molar-refractivity contribution in [3.63, 3.8) is 0 Å². The molecule has 0 atom stereocenters. The first-order valence-corrected chi connectivity index (χ1v) is 13.8. The molecule has 0 unspecified atom stereocenters. The van der Waals surface area contributed by atoms with E-state index >= 15 is 0 Å². The number of nitrogens with zero attached hydrogens (tertiary/aromatic N) is 1. The van der Waals surface area contributed by atoms with Crippen molar-refractivity contribution in [2.75, 3.05) is 26.0 Å². The van der Waals surface area contributed by atoms with E-state index in [1.807, 2.05) is 4.90 Å². The number of carbonyl (C=O) groups excluding carboxylic acids is 1. The van der Waals surface area contributed by atoms with Gasteiger partial charge in [0.05, 0.1) is 24.0 Å². The van der Waals surface area contributed by atoms with Crippen molar-refractivity contribution in [1.29, 1.82) is 0 Å². The molecule has 2 fully saturated rings. The predicted octanol–water partition coefficient (Wildman–Crippen LogP) is 4.84. The highest BCUT2D eigenvalue weighted by Crippen LogP contribution is 2.45. The van der Waals surface area contributed by atoms with E-state index in [0.29, 0.717) is 49.4 Å². The lowest BCUT2D eigenvalue weighted by Crippen LogP contribution is -2.35. The lowest BCUT2D eigenvalue weighted by atomic mass is 9.97. The Kier molecular flexibility index (Phi) is 7.80. The van der Waals surface area contributed by atoms with E-state index in [0.717, 1.165) is 37.3 Å². The fourth-order valence-electron chi connectivity index (χ4n) is 4.47. The Balaban J connectivity index is 1.35. The number of piperidine rings is 1. The minimum Gasteiger partial charge on any atom is -0.493 e. The Labute approximate surface area is 211 Å². The van der Waals surface area contributed by atoms with E-state index in [-0.39, 0.29) is 23.9 Å². The van der Waals surface area contributed by atoms with Crippen LogP contribution in [-0.2, 0) is 22.7 Å².